The van der Waals surface area contributed by atoms with Crippen LogP contribution in [0.25, 0.3) is 0 Å². The van der Waals surface area contributed by atoms with Crippen LogP contribution >= 0.6 is 11.8 Å². The minimum atomic E-state index is -3.54. The highest BCUT2D eigenvalue weighted by Crippen LogP contribution is 2.25. The summed E-state index contributed by atoms with van der Waals surface area (Å²) in [4.78, 5) is 5.32. The second-order valence-corrected chi connectivity index (χ2v) is 6.65. The molecule has 106 valence electrons. The highest BCUT2D eigenvalue weighted by atomic mass is 32.2. The molecule has 2 aromatic rings. The maximum atomic E-state index is 11.9. The Morgan fingerprint density at radius 2 is 2.00 bits per heavy atom. The summed E-state index contributed by atoms with van der Waals surface area (Å²) in [6.07, 6.45) is 3.53. The Kier molecular flexibility index (Phi) is 4.64. The van der Waals surface area contributed by atoms with Gasteiger partial charge in [-0.15, -0.1) is 11.8 Å². The molecule has 0 saturated heterocycles. The number of aromatic nitrogens is 1. The van der Waals surface area contributed by atoms with E-state index >= 15 is 0 Å². The second kappa shape index (κ2) is 6.25. The van der Waals surface area contributed by atoms with Gasteiger partial charge in [0.05, 0.1) is 0 Å². The average Bonchev–Trinajstić information content (AvgIpc) is 2.48. The summed E-state index contributed by atoms with van der Waals surface area (Å²) < 4.78 is 26.2. The van der Waals surface area contributed by atoms with Crippen LogP contribution in [0.15, 0.2) is 52.4 Å². The van der Waals surface area contributed by atoms with Crippen molar-refractivity contribution < 1.29 is 8.42 Å². The molecule has 0 spiro atoms. The van der Waals surface area contributed by atoms with Gasteiger partial charge in [0.15, 0.2) is 5.82 Å². The van der Waals surface area contributed by atoms with Crippen LogP contribution in [0.3, 0.4) is 0 Å². The highest BCUT2D eigenvalue weighted by Gasteiger charge is 2.17. The normalized spacial score (nSPS) is 11.3. The Balaban J connectivity index is 2.39. The van der Waals surface area contributed by atoms with Crippen LogP contribution in [0, 0.1) is 0 Å². The van der Waals surface area contributed by atoms with Crippen molar-refractivity contribution >= 4 is 33.3 Å². The highest BCUT2D eigenvalue weighted by molar-refractivity contribution is 7.98. The number of nitrogens with one attached hydrogen (secondary N) is 2. The summed E-state index contributed by atoms with van der Waals surface area (Å²) in [5, 5.41) is 3.04. The fourth-order valence-corrected chi connectivity index (χ4v) is 2.94. The zero-order chi connectivity index (χ0) is 14.6. The molecule has 0 aliphatic rings. The zero-order valence-electron chi connectivity index (χ0n) is 11.1. The van der Waals surface area contributed by atoms with E-state index in [1.807, 2.05) is 30.5 Å². The van der Waals surface area contributed by atoms with Gasteiger partial charge in [0.2, 0.25) is 10.0 Å². The van der Waals surface area contributed by atoms with Crippen LogP contribution in [0.1, 0.15) is 0 Å². The van der Waals surface area contributed by atoms with Gasteiger partial charge in [-0.25, -0.2) is 18.1 Å². The number of anilines is 2. The molecule has 5 nitrogen and oxygen atoms in total. The quantitative estimate of drug-likeness (QED) is 0.830. The Hall–Kier alpha value is -1.57. The SMILES string of the molecule is CNS(=O)(=O)c1cccnc1Nc1cccc(SC)c1. The molecule has 0 atom stereocenters. The van der Waals surface area contributed by atoms with Gasteiger partial charge in [-0.3, -0.25) is 0 Å². The van der Waals surface area contributed by atoms with Crippen LogP contribution < -0.4 is 10.0 Å². The van der Waals surface area contributed by atoms with E-state index in [9.17, 15) is 8.42 Å². The number of thioether (sulfide) groups is 1. The lowest BCUT2D eigenvalue weighted by atomic mass is 10.3. The zero-order valence-corrected chi connectivity index (χ0v) is 12.8. The summed E-state index contributed by atoms with van der Waals surface area (Å²) >= 11 is 1.62. The number of nitrogens with zero attached hydrogens (tertiary/aromatic N) is 1. The second-order valence-electron chi connectivity index (χ2n) is 3.91. The first-order valence-electron chi connectivity index (χ1n) is 5.86. The van der Waals surface area contributed by atoms with Gasteiger partial charge in [-0.1, -0.05) is 6.07 Å². The smallest absolute Gasteiger partial charge is 0.243 e. The fourth-order valence-electron chi connectivity index (χ4n) is 1.65. The predicted octanol–water partition coefficient (Wildman–Crippen LogP) is 2.46. The topological polar surface area (TPSA) is 71.1 Å². The van der Waals surface area contributed by atoms with E-state index < -0.39 is 10.0 Å². The van der Waals surface area contributed by atoms with Gasteiger partial charge in [0.1, 0.15) is 4.90 Å². The Labute approximate surface area is 122 Å². The van der Waals surface area contributed by atoms with E-state index in [0.717, 1.165) is 10.6 Å². The number of benzene rings is 1. The van der Waals surface area contributed by atoms with Crippen molar-refractivity contribution in [2.24, 2.45) is 0 Å². The van der Waals surface area contributed by atoms with Gasteiger partial charge in [0.25, 0.3) is 0 Å². The summed E-state index contributed by atoms with van der Waals surface area (Å²) in [7, 11) is -2.17. The molecular formula is C13H15N3O2S2. The van der Waals surface area contributed by atoms with Crippen molar-refractivity contribution in [3.8, 4) is 0 Å². The van der Waals surface area contributed by atoms with Gasteiger partial charge in [0, 0.05) is 16.8 Å². The first-order valence-corrected chi connectivity index (χ1v) is 8.57. The van der Waals surface area contributed by atoms with Crippen molar-refractivity contribution in [2.75, 3.05) is 18.6 Å². The average molecular weight is 309 g/mol. The first-order chi connectivity index (χ1) is 9.56. The number of sulfonamides is 1. The molecule has 2 N–H and O–H groups in total. The lowest BCUT2D eigenvalue weighted by Gasteiger charge is -2.11. The van der Waals surface area contributed by atoms with Crippen molar-refractivity contribution in [1.82, 2.24) is 9.71 Å². The molecule has 1 heterocycles. The van der Waals surface area contributed by atoms with Crippen LogP contribution in [0.2, 0.25) is 0 Å². The van der Waals surface area contributed by atoms with E-state index in [2.05, 4.69) is 15.0 Å². The number of hydrogen-bond donors (Lipinski definition) is 2. The summed E-state index contributed by atoms with van der Waals surface area (Å²) in [5.41, 5.74) is 0.795. The van der Waals surface area contributed by atoms with Crippen molar-refractivity contribution in [3.05, 3.63) is 42.6 Å². The molecule has 0 aliphatic heterocycles. The maximum absolute atomic E-state index is 11.9. The third-order valence-corrected chi connectivity index (χ3v) is 4.83. The van der Waals surface area contributed by atoms with Gasteiger partial charge < -0.3 is 5.32 Å². The van der Waals surface area contributed by atoms with Crippen LogP contribution in [0.4, 0.5) is 11.5 Å². The Morgan fingerprint density at radius 1 is 1.20 bits per heavy atom. The molecule has 0 bridgehead atoms. The molecule has 0 aliphatic carbocycles. The number of rotatable bonds is 5. The van der Waals surface area contributed by atoms with E-state index in [1.165, 1.54) is 13.1 Å². The van der Waals surface area contributed by atoms with E-state index in [-0.39, 0.29) is 4.90 Å². The maximum Gasteiger partial charge on any atom is 0.243 e. The molecule has 0 saturated carbocycles. The predicted molar refractivity (Wildman–Crippen MR) is 82.0 cm³/mol. The standard InChI is InChI=1S/C13H15N3O2S2/c1-14-20(17,18)12-7-4-8-15-13(12)16-10-5-3-6-11(9-10)19-2/h3-9,14H,1-2H3,(H,15,16). The number of hydrogen-bond acceptors (Lipinski definition) is 5. The van der Waals surface area contributed by atoms with Crippen LogP contribution in [-0.2, 0) is 10.0 Å². The van der Waals surface area contributed by atoms with Crippen LogP contribution in [-0.4, -0.2) is 26.7 Å². The van der Waals surface area contributed by atoms with Crippen LogP contribution in [0.5, 0.6) is 0 Å². The Morgan fingerprint density at radius 3 is 2.70 bits per heavy atom. The Bertz CT molecular complexity index is 702. The van der Waals surface area contributed by atoms with Crippen molar-refractivity contribution in [2.45, 2.75) is 9.79 Å². The molecule has 1 aromatic carbocycles. The molecule has 0 amide bonds. The summed E-state index contributed by atoms with van der Waals surface area (Å²) in [6.45, 7) is 0. The molecule has 1 aromatic heterocycles. The third-order valence-electron chi connectivity index (χ3n) is 2.66. The molecule has 0 unspecified atom stereocenters. The van der Waals surface area contributed by atoms with E-state index in [0.29, 0.717) is 5.82 Å². The molecule has 7 heteroatoms. The fraction of sp³-hybridized carbons (Fsp3) is 0.154. The van der Waals surface area contributed by atoms with Crippen molar-refractivity contribution in [1.29, 1.82) is 0 Å². The first kappa shape index (κ1) is 14.8. The third kappa shape index (κ3) is 3.30. The van der Waals surface area contributed by atoms with E-state index in [4.69, 9.17) is 0 Å². The number of pyridine rings is 1. The van der Waals surface area contributed by atoms with Gasteiger partial charge in [-0.2, -0.15) is 0 Å². The monoisotopic (exact) mass is 309 g/mol. The van der Waals surface area contributed by atoms with Gasteiger partial charge >= 0.3 is 0 Å². The minimum Gasteiger partial charge on any atom is -0.339 e. The lowest BCUT2D eigenvalue weighted by molar-refractivity contribution is 0.588. The minimum absolute atomic E-state index is 0.122. The van der Waals surface area contributed by atoms with Gasteiger partial charge in [-0.05, 0) is 43.6 Å². The summed E-state index contributed by atoms with van der Waals surface area (Å²) in [5.74, 6) is 0.306. The molecule has 20 heavy (non-hydrogen) atoms. The molecule has 2 rings (SSSR count). The molecule has 0 fully saturated rings. The molecular weight excluding hydrogens is 294 g/mol. The lowest BCUT2D eigenvalue weighted by Crippen LogP contribution is -2.20. The molecule has 0 radical (unpaired) electrons. The summed E-state index contributed by atoms with van der Waals surface area (Å²) in [6, 6.07) is 10.8. The van der Waals surface area contributed by atoms with Crippen molar-refractivity contribution in [3.63, 3.8) is 0 Å². The van der Waals surface area contributed by atoms with E-state index in [1.54, 1.807) is 24.0 Å². The largest absolute Gasteiger partial charge is 0.339 e.